The molecule has 6 heterocycles. The van der Waals surface area contributed by atoms with Gasteiger partial charge in [0, 0.05) is 98.0 Å². The van der Waals surface area contributed by atoms with Crippen molar-refractivity contribution < 1.29 is 38.8 Å². The number of esters is 2. The molecule has 1 aliphatic carbocycles. The van der Waals surface area contributed by atoms with E-state index in [1.54, 1.807) is 7.11 Å². The highest BCUT2D eigenvalue weighted by atomic mass is 16.6. The fraction of sp³-hybridized carbons (Fsp3) is 0.587. The minimum atomic E-state index is -2.19. The van der Waals surface area contributed by atoms with Gasteiger partial charge in [-0.2, -0.15) is 0 Å². The van der Waals surface area contributed by atoms with Crippen LogP contribution in [0.15, 0.2) is 48.6 Å². The number of aromatic nitrogens is 1. The number of aromatic amines is 1. The van der Waals surface area contributed by atoms with Gasteiger partial charge in [-0.25, -0.2) is 0 Å². The second-order valence-corrected chi connectivity index (χ2v) is 18.3. The molecule has 1 saturated carbocycles. The Kier molecular flexibility index (Phi) is 9.36. The maximum absolute atomic E-state index is 15.3. The van der Waals surface area contributed by atoms with E-state index in [1.165, 1.54) is 21.1 Å². The van der Waals surface area contributed by atoms with Crippen molar-refractivity contribution in [2.45, 2.75) is 99.5 Å². The van der Waals surface area contributed by atoms with E-state index in [1.807, 2.05) is 50.1 Å². The molecule has 1 unspecified atom stereocenters. The average molecular weight is 810 g/mol. The predicted octanol–water partition coefficient (Wildman–Crippen LogP) is 3.56. The number of benzene rings is 2. The lowest BCUT2D eigenvalue weighted by atomic mass is 9.47. The van der Waals surface area contributed by atoms with E-state index >= 15 is 4.79 Å². The topological polar surface area (TPSA) is 157 Å². The van der Waals surface area contributed by atoms with Crippen LogP contribution in [0.25, 0.3) is 10.9 Å². The Bertz CT molecular complexity index is 2260. The number of amides is 1. The van der Waals surface area contributed by atoms with Gasteiger partial charge in [-0.3, -0.25) is 24.2 Å². The first-order valence-corrected chi connectivity index (χ1v) is 21.4. The molecule has 6 aliphatic rings. The summed E-state index contributed by atoms with van der Waals surface area (Å²) in [5.41, 5.74) is -1.32. The number of hydrogen-bond donors (Lipinski definition) is 4. The summed E-state index contributed by atoms with van der Waals surface area (Å²) >= 11 is 0. The lowest BCUT2D eigenvalue weighted by molar-refractivity contribution is -0.217. The molecule has 1 amide bonds. The van der Waals surface area contributed by atoms with Crippen LogP contribution in [-0.2, 0) is 41.1 Å². The first-order valence-electron chi connectivity index (χ1n) is 21.4. The van der Waals surface area contributed by atoms with Crippen LogP contribution in [0.1, 0.15) is 75.3 Å². The summed E-state index contributed by atoms with van der Waals surface area (Å²) in [5.74, 6) is -1.25. The Labute approximate surface area is 346 Å². The third kappa shape index (κ3) is 5.20. The molecule has 59 heavy (non-hydrogen) atoms. The summed E-state index contributed by atoms with van der Waals surface area (Å²) in [6.07, 6.45) is 6.14. The van der Waals surface area contributed by atoms with Crippen LogP contribution in [-0.4, -0.2) is 133 Å². The Morgan fingerprint density at radius 2 is 1.80 bits per heavy atom. The summed E-state index contributed by atoms with van der Waals surface area (Å²) < 4.78 is 18.5. The van der Waals surface area contributed by atoms with Gasteiger partial charge in [0.15, 0.2) is 6.10 Å². The standard InChI is InChI=1S/C46H59N5O8/c1-8-42(55)23-28-24-45(41(54)58-7,36-30(15-19-50(25-28)26-42)29-13-10-11-14-33(29)48-36)32-21-31-34(22-35(32)57-6)49(5)38-44(31)17-20-51-18-12-16-43(9-2,37(44)51)39(59-27(3)52)46(38,56)40(53)47-4/h10-14,16,21-22,28,37-39,48,55-56H,8-9,15,17-20,23-26H2,1-7H3,(H,47,53)/t28-,37+,38-,39-,42+,43-,44-,45+,46+/m1/s1. The number of nitrogens with one attached hydrogen (secondary N) is 2. The molecule has 1 spiro atoms. The van der Waals surface area contributed by atoms with Gasteiger partial charge < -0.3 is 39.6 Å². The normalized spacial score (nSPS) is 37.0. The van der Waals surface area contributed by atoms with E-state index in [0.29, 0.717) is 82.6 Å². The van der Waals surface area contributed by atoms with Gasteiger partial charge in [0.2, 0.25) is 5.60 Å². The van der Waals surface area contributed by atoms with Crippen molar-refractivity contribution in [2.75, 3.05) is 65.9 Å². The van der Waals surface area contributed by atoms with E-state index < -0.39 is 57.4 Å². The van der Waals surface area contributed by atoms with E-state index in [0.717, 1.165) is 33.4 Å². The number of fused-ring (bicyclic) bond motifs is 6. The molecule has 1 aromatic heterocycles. The first-order chi connectivity index (χ1) is 28.2. The number of ether oxygens (including phenoxy) is 3. The molecule has 2 saturated heterocycles. The summed E-state index contributed by atoms with van der Waals surface area (Å²) in [7, 11) is 6.45. The zero-order chi connectivity index (χ0) is 41.9. The van der Waals surface area contributed by atoms with Gasteiger partial charge in [-0.05, 0) is 74.2 Å². The molecule has 4 N–H and O–H groups in total. The van der Waals surface area contributed by atoms with Crippen LogP contribution in [0.2, 0.25) is 0 Å². The molecule has 9 rings (SSSR count). The zero-order valence-corrected chi connectivity index (χ0v) is 35.4. The number of anilines is 1. The lowest BCUT2D eigenvalue weighted by Gasteiger charge is -2.63. The Morgan fingerprint density at radius 1 is 1.02 bits per heavy atom. The van der Waals surface area contributed by atoms with Crippen LogP contribution in [0.3, 0.4) is 0 Å². The Morgan fingerprint density at radius 3 is 2.49 bits per heavy atom. The Hall–Kier alpha value is -4.43. The molecule has 13 nitrogen and oxygen atoms in total. The SMILES string of the molecule is CC[C@]1(O)C[C@H]2CN(CCc3c([nH]c4ccccc34)[C@@](C(=O)OC)(c3cc4c(cc3OC)N(C)[C@H]3[C@@](O)(C(=O)NC)[C@H](OC(C)=O)[C@]5(CC)C=CCN6CC[C@]43[C@@H]65)C2)C1. The second-order valence-electron chi connectivity index (χ2n) is 18.3. The zero-order valence-electron chi connectivity index (χ0n) is 35.4. The molecular weight excluding hydrogens is 751 g/mol. The number of carbonyl (C=O) groups excluding carboxylic acids is 3. The van der Waals surface area contributed by atoms with E-state index in [2.05, 4.69) is 44.4 Å². The molecule has 2 bridgehead atoms. The largest absolute Gasteiger partial charge is 0.496 e. The summed E-state index contributed by atoms with van der Waals surface area (Å²) in [5, 5.41) is 29.2. The van der Waals surface area contributed by atoms with Crippen LogP contribution < -0.4 is 15.0 Å². The molecule has 3 aromatic rings. The van der Waals surface area contributed by atoms with Gasteiger partial charge in [0.05, 0.1) is 25.9 Å². The highest BCUT2D eigenvalue weighted by Crippen LogP contribution is 2.68. The van der Waals surface area contributed by atoms with Crippen molar-refractivity contribution in [1.29, 1.82) is 0 Å². The second kappa shape index (κ2) is 13.8. The van der Waals surface area contributed by atoms with Crippen LogP contribution >= 0.6 is 0 Å². The monoisotopic (exact) mass is 809 g/mol. The van der Waals surface area contributed by atoms with Crippen molar-refractivity contribution in [3.63, 3.8) is 0 Å². The van der Waals surface area contributed by atoms with Gasteiger partial charge in [-0.15, -0.1) is 0 Å². The molecular formula is C46H59N5O8. The van der Waals surface area contributed by atoms with Crippen LogP contribution in [0.4, 0.5) is 5.69 Å². The van der Waals surface area contributed by atoms with Crippen molar-refractivity contribution in [2.24, 2.45) is 11.3 Å². The van der Waals surface area contributed by atoms with Gasteiger partial charge in [0.25, 0.3) is 5.91 Å². The quantitative estimate of drug-likeness (QED) is 0.205. The highest BCUT2D eigenvalue weighted by Gasteiger charge is 2.80. The number of aliphatic hydroxyl groups is 2. The highest BCUT2D eigenvalue weighted by molar-refractivity contribution is 5.95. The maximum atomic E-state index is 15.3. The fourth-order valence-corrected chi connectivity index (χ4v) is 13.6. The number of carbonyl (C=O) groups is 3. The Balaban J connectivity index is 1.36. The molecule has 0 radical (unpaired) electrons. The third-order valence-corrected chi connectivity index (χ3v) is 15.7. The predicted molar refractivity (Wildman–Crippen MR) is 222 cm³/mol. The van der Waals surface area contributed by atoms with E-state index in [-0.39, 0.29) is 12.0 Å². The van der Waals surface area contributed by atoms with Gasteiger partial charge in [0.1, 0.15) is 11.2 Å². The molecule has 10 atom stereocenters. The smallest absolute Gasteiger partial charge is 0.322 e. The molecule has 3 fully saturated rings. The molecule has 13 heteroatoms. The minimum absolute atomic E-state index is 0.0904. The number of likely N-dealkylation sites (N-methyl/N-ethyl adjacent to an activating group) is 2. The van der Waals surface area contributed by atoms with E-state index in [9.17, 15) is 19.8 Å². The lowest BCUT2D eigenvalue weighted by Crippen LogP contribution is -2.82. The molecule has 5 aliphatic heterocycles. The van der Waals surface area contributed by atoms with Gasteiger partial charge in [-0.1, -0.05) is 44.2 Å². The van der Waals surface area contributed by atoms with Crippen LogP contribution in [0.5, 0.6) is 5.75 Å². The molecule has 2 aromatic carbocycles. The number of para-hydroxylation sites is 1. The fourth-order valence-electron chi connectivity index (χ4n) is 13.6. The first kappa shape index (κ1) is 40.0. The number of hydrogen-bond acceptors (Lipinski definition) is 11. The number of H-pyrrole nitrogens is 1. The maximum Gasteiger partial charge on any atom is 0.322 e. The number of nitrogens with zero attached hydrogens (tertiary/aromatic N) is 3. The van der Waals surface area contributed by atoms with E-state index in [4.69, 9.17) is 14.2 Å². The van der Waals surface area contributed by atoms with Crippen molar-refractivity contribution in [3.8, 4) is 5.75 Å². The van der Waals surface area contributed by atoms with Crippen molar-refractivity contribution in [1.82, 2.24) is 20.1 Å². The summed E-state index contributed by atoms with van der Waals surface area (Å²) in [6.45, 7) is 8.72. The third-order valence-electron chi connectivity index (χ3n) is 15.7. The number of piperidine rings is 1. The van der Waals surface area contributed by atoms with Crippen molar-refractivity contribution >= 4 is 34.4 Å². The summed E-state index contributed by atoms with van der Waals surface area (Å²) in [6, 6.07) is 11.1. The minimum Gasteiger partial charge on any atom is -0.496 e. The van der Waals surface area contributed by atoms with Gasteiger partial charge >= 0.3 is 11.9 Å². The number of rotatable bonds is 7. The number of methoxy groups -OCH3 is 2. The summed E-state index contributed by atoms with van der Waals surface area (Å²) in [4.78, 5) is 53.4. The van der Waals surface area contributed by atoms with Crippen LogP contribution in [0, 0.1) is 11.3 Å². The average Bonchev–Trinajstić information content (AvgIpc) is 3.90. The van der Waals surface area contributed by atoms with Crippen molar-refractivity contribution in [3.05, 3.63) is 70.9 Å². The molecule has 316 valence electrons.